The molecule has 0 saturated heterocycles. The van der Waals surface area contributed by atoms with Gasteiger partial charge >= 0.3 is 56.4 Å². The van der Waals surface area contributed by atoms with E-state index in [0.717, 1.165) is 19.2 Å². The van der Waals surface area contributed by atoms with E-state index in [1.165, 1.54) is 0 Å². The van der Waals surface area contributed by atoms with Crippen molar-refractivity contribution in [2.75, 3.05) is 0 Å². The van der Waals surface area contributed by atoms with Crippen LogP contribution in [0.15, 0.2) is 0 Å². The molecule has 0 aromatic rings. The minimum atomic E-state index is -1.11. The normalized spacial score (nSPS) is 8.12. The number of hydrogen-bond acceptors (Lipinski definition) is 2. The van der Waals surface area contributed by atoms with Crippen molar-refractivity contribution in [2.45, 2.75) is 26.1 Å². The summed E-state index contributed by atoms with van der Waals surface area (Å²) in [5.41, 5.74) is 0. The van der Waals surface area contributed by atoms with Crippen molar-refractivity contribution in [2.24, 2.45) is 0 Å². The van der Waals surface area contributed by atoms with E-state index in [9.17, 15) is 4.21 Å². The zero-order valence-corrected chi connectivity index (χ0v) is 6.56. The Hall–Kier alpha value is 0.305. The molecule has 0 unspecified atom stereocenters. The van der Waals surface area contributed by atoms with Crippen LogP contribution in [-0.2, 0) is 20.0 Å². The van der Waals surface area contributed by atoms with Crippen molar-refractivity contribution in [3.8, 4) is 0 Å². The van der Waals surface area contributed by atoms with Gasteiger partial charge in [0.2, 0.25) is 0 Å². The molecule has 4 heteroatoms. The molecule has 0 bridgehead atoms. The molecule has 0 fully saturated rings. The standard InChI is InChI=1S/C4H9BOS2/c1-2-3-4-5-8(6)7/h2-4H2,1H3. The molecule has 46 valence electrons. The molecule has 0 N–H and O–H groups in total. The third-order valence-electron chi connectivity index (χ3n) is 0.812. The Morgan fingerprint density at radius 2 is 2.38 bits per heavy atom. The molecule has 0 aromatic heterocycles. The summed E-state index contributed by atoms with van der Waals surface area (Å²) in [6, 6.07) is 0. The Kier molecular flexibility index (Phi) is 5.65. The van der Waals surface area contributed by atoms with Gasteiger partial charge in [-0.15, -0.1) is 0 Å². The van der Waals surface area contributed by atoms with Gasteiger partial charge in [0.05, 0.1) is 0 Å². The summed E-state index contributed by atoms with van der Waals surface area (Å²) in [7, 11) is -1.11. The Labute approximate surface area is 56.9 Å². The molecule has 0 aliphatic heterocycles. The van der Waals surface area contributed by atoms with Crippen LogP contribution in [0.5, 0.6) is 0 Å². The molecule has 0 atom stereocenters. The van der Waals surface area contributed by atoms with Gasteiger partial charge in [-0.3, -0.25) is 0 Å². The topological polar surface area (TPSA) is 17.1 Å². The van der Waals surface area contributed by atoms with E-state index in [1.807, 2.05) is 0 Å². The van der Waals surface area contributed by atoms with Crippen LogP contribution in [0.25, 0.3) is 0 Å². The summed E-state index contributed by atoms with van der Waals surface area (Å²) in [5, 5.41) is 0. The van der Waals surface area contributed by atoms with Gasteiger partial charge in [-0.1, -0.05) is 0 Å². The van der Waals surface area contributed by atoms with Crippen LogP contribution in [0.3, 0.4) is 0 Å². The molecule has 0 heterocycles. The molecule has 0 aliphatic rings. The molecule has 0 amide bonds. The van der Waals surface area contributed by atoms with E-state index in [4.69, 9.17) is 0 Å². The summed E-state index contributed by atoms with van der Waals surface area (Å²) in [6.45, 7) is 2.10. The first-order valence-corrected chi connectivity index (χ1v) is 4.82. The molecular formula is C4H9BOS2. The third kappa shape index (κ3) is 6.30. The second-order valence-electron chi connectivity index (χ2n) is 1.57. The molecule has 0 radical (unpaired) electrons. The molecule has 8 heavy (non-hydrogen) atoms. The second-order valence-corrected chi connectivity index (χ2v) is 3.41. The van der Waals surface area contributed by atoms with Crippen molar-refractivity contribution < 1.29 is 4.21 Å². The van der Waals surface area contributed by atoms with Gasteiger partial charge in [0.15, 0.2) is 0 Å². The van der Waals surface area contributed by atoms with Gasteiger partial charge in [0.1, 0.15) is 0 Å². The van der Waals surface area contributed by atoms with Gasteiger partial charge in [0.25, 0.3) is 0 Å². The first kappa shape index (κ1) is 8.30. The number of hydrogen-bond donors (Lipinski definition) is 0. The Morgan fingerprint density at radius 1 is 1.75 bits per heavy atom. The fourth-order valence-corrected chi connectivity index (χ4v) is 1.03. The first-order chi connectivity index (χ1) is 3.77. The van der Waals surface area contributed by atoms with Crippen molar-refractivity contribution in [3.63, 3.8) is 0 Å². The second kappa shape index (κ2) is 5.44. The maximum atomic E-state index is 10.2. The van der Waals surface area contributed by atoms with Gasteiger partial charge < -0.3 is 0 Å². The van der Waals surface area contributed by atoms with E-state index in [0.29, 0.717) is 0 Å². The number of unbranched alkanes of at least 4 members (excludes halogenated alkanes) is 1. The Balaban J connectivity index is 3.31. The van der Waals surface area contributed by atoms with E-state index in [2.05, 4.69) is 18.1 Å². The zero-order valence-electron chi connectivity index (χ0n) is 4.92. The average molecular weight is 148 g/mol. The summed E-state index contributed by atoms with van der Waals surface area (Å²) >= 11 is 4.41. The molecule has 0 rings (SSSR count). The van der Waals surface area contributed by atoms with Crippen LogP contribution in [0.4, 0.5) is 0 Å². The summed E-state index contributed by atoms with van der Waals surface area (Å²) in [4.78, 5) is 0. The van der Waals surface area contributed by atoms with Gasteiger partial charge in [-0.25, -0.2) is 0 Å². The van der Waals surface area contributed by atoms with Crippen LogP contribution in [0.1, 0.15) is 19.8 Å². The van der Waals surface area contributed by atoms with Crippen LogP contribution in [-0.4, -0.2) is 10.4 Å². The van der Waals surface area contributed by atoms with Crippen LogP contribution < -0.4 is 0 Å². The third-order valence-corrected chi connectivity index (χ3v) is 1.73. The van der Waals surface area contributed by atoms with Crippen molar-refractivity contribution >= 4 is 26.1 Å². The Bertz CT molecular complexity index is 151. The van der Waals surface area contributed by atoms with Crippen LogP contribution in [0.2, 0.25) is 6.32 Å². The number of rotatable bonds is 3. The monoisotopic (exact) mass is 148 g/mol. The van der Waals surface area contributed by atoms with Crippen molar-refractivity contribution in [1.82, 2.24) is 0 Å². The average Bonchev–Trinajstić information content (AvgIpc) is 1.66. The molecule has 0 saturated carbocycles. The van der Waals surface area contributed by atoms with E-state index in [-0.39, 0.29) is 0 Å². The van der Waals surface area contributed by atoms with Gasteiger partial charge in [-0.2, -0.15) is 0 Å². The molecule has 1 nitrogen and oxygen atoms in total. The molecular weight excluding hydrogens is 139 g/mol. The van der Waals surface area contributed by atoms with Crippen LogP contribution >= 0.6 is 0 Å². The molecule has 0 spiro atoms. The molecule has 0 aromatic carbocycles. The summed E-state index contributed by atoms with van der Waals surface area (Å²) < 4.78 is 10.2. The fourth-order valence-electron chi connectivity index (χ4n) is 0.384. The minimum absolute atomic E-state index is 0.895. The Morgan fingerprint density at radius 3 is 2.75 bits per heavy atom. The van der Waals surface area contributed by atoms with E-state index in [1.54, 1.807) is 6.15 Å². The van der Waals surface area contributed by atoms with Gasteiger partial charge in [0, 0.05) is 0 Å². The fraction of sp³-hybridized carbons (Fsp3) is 1.00. The zero-order chi connectivity index (χ0) is 6.41. The van der Waals surface area contributed by atoms with Gasteiger partial charge in [-0.05, 0) is 0 Å². The van der Waals surface area contributed by atoms with E-state index >= 15 is 0 Å². The van der Waals surface area contributed by atoms with Crippen molar-refractivity contribution in [3.05, 3.63) is 0 Å². The first-order valence-electron chi connectivity index (χ1n) is 2.68. The summed E-state index contributed by atoms with van der Waals surface area (Å²) in [6.07, 6.45) is 4.80. The predicted molar refractivity (Wildman–Crippen MR) is 41.0 cm³/mol. The van der Waals surface area contributed by atoms with Crippen molar-refractivity contribution in [1.29, 1.82) is 0 Å². The summed E-state index contributed by atoms with van der Waals surface area (Å²) in [5.74, 6) is 0. The SMILES string of the molecule is CCCCB=S(=O)=S. The predicted octanol–water partition coefficient (Wildman–Crippen LogP) is 1.03. The van der Waals surface area contributed by atoms with E-state index < -0.39 is 8.79 Å². The maximum absolute atomic E-state index is 10.2. The molecule has 0 aliphatic carbocycles. The quantitative estimate of drug-likeness (QED) is 0.439. The van der Waals surface area contributed by atoms with Crippen LogP contribution in [0, 0.1) is 0 Å².